The van der Waals surface area contributed by atoms with Gasteiger partial charge in [-0.15, -0.1) is 6.58 Å². The lowest BCUT2D eigenvalue weighted by Gasteiger charge is -2.37. The molecule has 144 valence electrons. The van der Waals surface area contributed by atoms with E-state index in [0.717, 1.165) is 17.8 Å². The predicted octanol–water partition coefficient (Wildman–Crippen LogP) is 5.57. The highest BCUT2D eigenvalue weighted by Crippen LogP contribution is 2.36. The molecule has 4 aromatic rings. The molecule has 5 rings (SSSR count). The van der Waals surface area contributed by atoms with Crippen molar-refractivity contribution in [2.24, 2.45) is 0 Å². The first-order chi connectivity index (χ1) is 14.2. The maximum atomic E-state index is 13.2. The molecular weight excluding hydrogens is 358 g/mol. The van der Waals surface area contributed by atoms with E-state index in [1.54, 1.807) is 6.08 Å². The van der Waals surface area contributed by atoms with E-state index in [0.29, 0.717) is 12.1 Å². The van der Waals surface area contributed by atoms with Gasteiger partial charge in [0.25, 0.3) is 5.91 Å². The molecule has 4 nitrogen and oxygen atoms in total. The van der Waals surface area contributed by atoms with Crippen molar-refractivity contribution in [3.8, 4) is 0 Å². The molecule has 2 heterocycles. The van der Waals surface area contributed by atoms with Crippen LogP contribution in [-0.2, 0) is 6.54 Å². The Kier molecular flexibility index (Phi) is 4.13. The number of nitrogens with zero attached hydrogens (tertiary/aromatic N) is 2. The van der Waals surface area contributed by atoms with Crippen LogP contribution in [0.4, 0.5) is 5.69 Å². The van der Waals surface area contributed by atoms with E-state index in [1.165, 1.54) is 21.8 Å². The third-order valence-electron chi connectivity index (χ3n) is 5.78. The summed E-state index contributed by atoms with van der Waals surface area (Å²) < 4.78 is 2.34. The molecule has 1 atom stereocenters. The molecular formula is C25H23N3O. The molecule has 0 bridgehead atoms. The van der Waals surface area contributed by atoms with Crippen LogP contribution in [0.2, 0.25) is 0 Å². The van der Waals surface area contributed by atoms with E-state index >= 15 is 0 Å². The fourth-order valence-corrected chi connectivity index (χ4v) is 4.47. The minimum Gasteiger partial charge on any atom is -0.361 e. The first-order valence-electron chi connectivity index (χ1n) is 10.0. The van der Waals surface area contributed by atoms with Gasteiger partial charge in [-0.2, -0.15) is 0 Å². The number of amides is 1. The Balaban J connectivity index is 1.69. The summed E-state index contributed by atoms with van der Waals surface area (Å²) in [5, 5.41) is 6.02. The number of aryl methyl sites for hydroxylation is 1. The second kappa shape index (κ2) is 6.82. The van der Waals surface area contributed by atoms with Gasteiger partial charge < -0.3 is 14.8 Å². The summed E-state index contributed by atoms with van der Waals surface area (Å²) in [6.45, 7) is 7.43. The Hall–Kier alpha value is -3.53. The third-order valence-corrected chi connectivity index (χ3v) is 5.78. The van der Waals surface area contributed by atoms with Crippen molar-refractivity contribution in [1.29, 1.82) is 0 Å². The summed E-state index contributed by atoms with van der Waals surface area (Å²) in [4.78, 5) is 15.0. The monoisotopic (exact) mass is 381 g/mol. The van der Waals surface area contributed by atoms with Gasteiger partial charge in [0.15, 0.2) is 0 Å². The number of anilines is 1. The molecule has 0 spiro atoms. The zero-order valence-electron chi connectivity index (χ0n) is 16.4. The van der Waals surface area contributed by atoms with Gasteiger partial charge in [0.05, 0.1) is 5.56 Å². The SMILES string of the molecule is C=CCN1C(=O)c2ccccc2NC1c1ccc2c(c1)c1ccccc1n2CC. The van der Waals surface area contributed by atoms with Crippen molar-refractivity contribution >= 4 is 33.4 Å². The van der Waals surface area contributed by atoms with Gasteiger partial charge in [0, 0.05) is 40.6 Å². The van der Waals surface area contributed by atoms with Crippen molar-refractivity contribution in [2.45, 2.75) is 19.6 Å². The fraction of sp³-hybridized carbons (Fsp3) is 0.160. The minimum absolute atomic E-state index is 0.0281. The van der Waals surface area contributed by atoms with Crippen molar-refractivity contribution < 1.29 is 4.79 Å². The summed E-state index contributed by atoms with van der Waals surface area (Å²) in [6.07, 6.45) is 1.55. The van der Waals surface area contributed by atoms with Crippen LogP contribution >= 0.6 is 0 Å². The van der Waals surface area contributed by atoms with E-state index in [1.807, 2.05) is 29.2 Å². The van der Waals surface area contributed by atoms with Gasteiger partial charge in [0.2, 0.25) is 0 Å². The van der Waals surface area contributed by atoms with Crippen LogP contribution in [0, 0.1) is 0 Å². The number of hydrogen-bond donors (Lipinski definition) is 1. The maximum absolute atomic E-state index is 13.2. The molecule has 4 heteroatoms. The maximum Gasteiger partial charge on any atom is 0.258 e. The fourth-order valence-electron chi connectivity index (χ4n) is 4.47. The minimum atomic E-state index is -0.233. The lowest BCUT2D eigenvalue weighted by atomic mass is 10.0. The highest BCUT2D eigenvalue weighted by atomic mass is 16.2. The Morgan fingerprint density at radius 1 is 1.00 bits per heavy atom. The Morgan fingerprint density at radius 3 is 2.59 bits per heavy atom. The highest BCUT2D eigenvalue weighted by Gasteiger charge is 2.32. The second-order valence-corrected chi connectivity index (χ2v) is 7.38. The van der Waals surface area contributed by atoms with E-state index in [-0.39, 0.29) is 12.1 Å². The van der Waals surface area contributed by atoms with Crippen LogP contribution in [0.15, 0.2) is 79.4 Å². The topological polar surface area (TPSA) is 37.3 Å². The summed E-state index contributed by atoms with van der Waals surface area (Å²) in [7, 11) is 0. The normalized spacial score (nSPS) is 16.1. The zero-order valence-corrected chi connectivity index (χ0v) is 16.4. The highest BCUT2D eigenvalue weighted by molar-refractivity contribution is 6.08. The standard InChI is InChI=1S/C25H23N3O/c1-3-15-28-24(26-21-11-7-5-10-19(21)25(28)29)17-13-14-23-20(16-17)18-9-6-8-12-22(18)27(23)4-2/h3,5-14,16,24,26H,1,4,15H2,2H3. The molecule has 1 unspecified atom stereocenters. The predicted molar refractivity (Wildman–Crippen MR) is 119 cm³/mol. The summed E-state index contributed by atoms with van der Waals surface area (Å²) in [5.74, 6) is 0.0281. The van der Waals surface area contributed by atoms with Gasteiger partial charge in [-0.1, -0.05) is 42.5 Å². The third kappa shape index (κ3) is 2.64. The molecule has 29 heavy (non-hydrogen) atoms. The summed E-state index contributed by atoms with van der Waals surface area (Å²) >= 11 is 0. The Morgan fingerprint density at radius 2 is 1.76 bits per heavy atom. The smallest absolute Gasteiger partial charge is 0.258 e. The quantitative estimate of drug-likeness (QED) is 0.470. The van der Waals surface area contributed by atoms with E-state index in [9.17, 15) is 4.79 Å². The molecule has 1 aliphatic rings. The van der Waals surface area contributed by atoms with E-state index < -0.39 is 0 Å². The Bertz CT molecular complexity index is 1250. The molecule has 0 saturated heterocycles. The molecule has 3 aromatic carbocycles. The van der Waals surface area contributed by atoms with Crippen LogP contribution < -0.4 is 5.32 Å². The molecule has 1 aliphatic heterocycles. The molecule has 1 N–H and O–H groups in total. The number of fused-ring (bicyclic) bond motifs is 4. The summed E-state index contributed by atoms with van der Waals surface area (Å²) in [5.41, 5.74) is 5.10. The van der Waals surface area contributed by atoms with Crippen molar-refractivity contribution in [1.82, 2.24) is 9.47 Å². The Labute approximate surface area is 170 Å². The van der Waals surface area contributed by atoms with E-state index in [2.05, 4.69) is 65.9 Å². The average Bonchev–Trinajstić information content (AvgIpc) is 3.08. The molecule has 0 aliphatic carbocycles. The number of benzene rings is 3. The number of carbonyl (C=O) groups is 1. The van der Waals surface area contributed by atoms with Gasteiger partial charge in [-0.05, 0) is 42.8 Å². The number of rotatable bonds is 4. The van der Waals surface area contributed by atoms with Crippen LogP contribution in [0.3, 0.4) is 0 Å². The second-order valence-electron chi connectivity index (χ2n) is 7.38. The van der Waals surface area contributed by atoms with Crippen LogP contribution in [0.5, 0.6) is 0 Å². The first-order valence-corrected chi connectivity index (χ1v) is 10.0. The molecule has 0 radical (unpaired) electrons. The molecule has 0 fully saturated rings. The van der Waals surface area contributed by atoms with E-state index in [4.69, 9.17) is 0 Å². The number of aromatic nitrogens is 1. The van der Waals surface area contributed by atoms with Crippen LogP contribution in [0.25, 0.3) is 21.8 Å². The van der Waals surface area contributed by atoms with Crippen molar-refractivity contribution in [3.63, 3.8) is 0 Å². The molecule has 0 saturated carbocycles. The average molecular weight is 381 g/mol. The van der Waals surface area contributed by atoms with Crippen molar-refractivity contribution in [2.75, 3.05) is 11.9 Å². The van der Waals surface area contributed by atoms with Gasteiger partial charge >= 0.3 is 0 Å². The van der Waals surface area contributed by atoms with Crippen LogP contribution in [-0.4, -0.2) is 21.9 Å². The van der Waals surface area contributed by atoms with Gasteiger partial charge in [-0.3, -0.25) is 4.79 Å². The lowest BCUT2D eigenvalue weighted by molar-refractivity contribution is 0.0707. The van der Waals surface area contributed by atoms with Gasteiger partial charge in [-0.25, -0.2) is 0 Å². The lowest BCUT2D eigenvalue weighted by Crippen LogP contribution is -2.42. The first kappa shape index (κ1) is 17.6. The van der Waals surface area contributed by atoms with Gasteiger partial charge in [0.1, 0.15) is 6.17 Å². The summed E-state index contributed by atoms with van der Waals surface area (Å²) in [6, 6.07) is 22.7. The number of hydrogen-bond acceptors (Lipinski definition) is 2. The zero-order chi connectivity index (χ0) is 20.0. The van der Waals surface area contributed by atoms with Crippen LogP contribution in [0.1, 0.15) is 29.0 Å². The molecule has 1 aromatic heterocycles. The largest absolute Gasteiger partial charge is 0.361 e. The number of nitrogens with one attached hydrogen (secondary N) is 1. The number of para-hydroxylation sites is 2. The number of carbonyl (C=O) groups excluding carboxylic acids is 1. The van der Waals surface area contributed by atoms with Crippen molar-refractivity contribution in [3.05, 3.63) is 90.5 Å². The molecule has 1 amide bonds.